The fraction of sp³-hybridized carbons (Fsp3) is 0.538. The average Bonchev–Trinajstić information content (AvgIpc) is 2.87. The molecular formula is C13H16ClNO. The van der Waals surface area contributed by atoms with Crippen LogP contribution in [0.5, 0.6) is 5.75 Å². The van der Waals surface area contributed by atoms with Crippen molar-refractivity contribution in [2.75, 3.05) is 13.2 Å². The van der Waals surface area contributed by atoms with Crippen LogP contribution in [0.1, 0.15) is 24.0 Å². The quantitative estimate of drug-likeness (QED) is 0.854. The van der Waals surface area contributed by atoms with Gasteiger partial charge >= 0.3 is 0 Å². The normalized spacial score (nSPS) is 23.2. The van der Waals surface area contributed by atoms with Crippen LogP contribution in [-0.2, 0) is 12.8 Å². The van der Waals surface area contributed by atoms with Crippen LogP contribution in [0.15, 0.2) is 12.1 Å². The molecule has 1 atom stereocenters. The minimum Gasteiger partial charge on any atom is -0.493 e. The number of benzene rings is 1. The Morgan fingerprint density at radius 1 is 1.44 bits per heavy atom. The first-order valence-electron chi connectivity index (χ1n) is 6.00. The van der Waals surface area contributed by atoms with Gasteiger partial charge in [0.1, 0.15) is 5.75 Å². The van der Waals surface area contributed by atoms with E-state index in [0.717, 1.165) is 36.8 Å². The van der Waals surface area contributed by atoms with Gasteiger partial charge in [0.05, 0.1) is 6.61 Å². The van der Waals surface area contributed by atoms with E-state index in [1.807, 2.05) is 6.07 Å². The van der Waals surface area contributed by atoms with Gasteiger partial charge < -0.3 is 10.1 Å². The van der Waals surface area contributed by atoms with E-state index in [2.05, 4.69) is 11.4 Å². The summed E-state index contributed by atoms with van der Waals surface area (Å²) in [7, 11) is 0. The molecule has 1 aromatic rings. The third-order valence-corrected chi connectivity index (χ3v) is 3.67. The Morgan fingerprint density at radius 2 is 2.38 bits per heavy atom. The second kappa shape index (κ2) is 4.27. The molecule has 2 aliphatic heterocycles. The Bertz CT molecular complexity index is 399. The van der Waals surface area contributed by atoms with Crippen LogP contribution in [-0.4, -0.2) is 19.2 Å². The SMILES string of the molecule is Clc1cc2c(c(CC3CCCN3)c1)OCC2. The van der Waals surface area contributed by atoms with Gasteiger partial charge in [0, 0.05) is 17.5 Å². The molecule has 2 heterocycles. The van der Waals surface area contributed by atoms with Gasteiger partial charge in [-0.25, -0.2) is 0 Å². The first-order chi connectivity index (χ1) is 7.83. The van der Waals surface area contributed by atoms with Crippen molar-refractivity contribution in [2.24, 2.45) is 0 Å². The molecule has 1 N–H and O–H groups in total. The summed E-state index contributed by atoms with van der Waals surface area (Å²) in [4.78, 5) is 0. The predicted molar refractivity (Wildman–Crippen MR) is 65.4 cm³/mol. The molecule has 16 heavy (non-hydrogen) atoms. The van der Waals surface area contributed by atoms with E-state index in [1.165, 1.54) is 24.0 Å². The number of halogens is 1. The molecule has 2 aliphatic rings. The lowest BCUT2D eigenvalue weighted by Gasteiger charge is -2.13. The minimum atomic E-state index is 0.603. The van der Waals surface area contributed by atoms with Crippen molar-refractivity contribution in [3.05, 3.63) is 28.3 Å². The lowest BCUT2D eigenvalue weighted by Crippen LogP contribution is -2.23. The summed E-state index contributed by atoms with van der Waals surface area (Å²) in [5.74, 6) is 1.10. The van der Waals surface area contributed by atoms with Crippen LogP contribution >= 0.6 is 11.6 Å². The van der Waals surface area contributed by atoms with Crippen molar-refractivity contribution < 1.29 is 4.74 Å². The molecule has 0 amide bonds. The zero-order chi connectivity index (χ0) is 11.0. The van der Waals surface area contributed by atoms with Crippen LogP contribution in [0.2, 0.25) is 5.02 Å². The van der Waals surface area contributed by atoms with Crippen LogP contribution in [0.3, 0.4) is 0 Å². The zero-order valence-electron chi connectivity index (χ0n) is 9.26. The highest BCUT2D eigenvalue weighted by atomic mass is 35.5. The Hall–Kier alpha value is -0.730. The third-order valence-electron chi connectivity index (χ3n) is 3.45. The lowest BCUT2D eigenvalue weighted by atomic mass is 10.0. The summed E-state index contributed by atoms with van der Waals surface area (Å²) in [6.45, 7) is 1.95. The Balaban J connectivity index is 1.87. The summed E-state index contributed by atoms with van der Waals surface area (Å²) < 4.78 is 5.71. The van der Waals surface area contributed by atoms with E-state index in [-0.39, 0.29) is 0 Å². The second-order valence-electron chi connectivity index (χ2n) is 4.65. The van der Waals surface area contributed by atoms with Gasteiger partial charge in [0.25, 0.3) is 0 Å². The van der Waals surface area contributed by atoms with Gasteiger partial charge in [-0.3, -0.25) is 0 Å². The van der Waals surface area contributed by atoms with E-state index in [9.17, 15) is 0 Å². The average molecular weight is 238 g/mol. The number of hydrogen-bond donors (Lipinski definition) is 1. The van der Waals surface area contributed by atoms with Crippen molar-refractivity contribution in [3.63, 3.8) is 0 Å². The van der Waals surface area contributed by atoms with Gasteiger partial charge in [-0.05, 0) is 49.1 Å². The molecule has 0 bridgehead atoms. The largest absolute Gasteiger partial charge is 0.493 e. The highest BCUT2D eigenvalue weighted by Crippen LogP contribution is 2.34. The molecule has 86 valence electrons. The second-order valence-corrected chi connectivity index (χ2v) is 5.09. The first kappa shape index (κ1) is 10.4. The Kier molecular flexibility index (Phi) is 2.78. The molecule has 1 saturated heterocycles. The summed E-state index contributed by atoms with van der Waals surface area (Å²) in [5.41, 5.74) is 2.56. The van der Waals surface area contributed by atoms with Crippen molar-refractivity contribution in [2.45, 2.75) is 31.7 Å². The van der Waals surface area contributed by atoms with E-state index >= 15 is 0 Å². The number of ether oxygens (including phenoxy) is 1. The Labute approximate surface area is 101 Å². The molecule has 0 saturated carbocycles. The van der Waals surface area contributed by atoms with Crippen molar-refractivity contribution >= 4 is 11.6 Å². The van der Waals surface area contributed by atoms with E-state index in [0.29, 0.717) is 6.04 Å². The zero-order valence-corrected chi connectivity index (χ0v) is 10.0. The highest BCUT2D eigenvalue weighted by molar-refractivity contribution is 6.30. The van der Waals surface area contributed by atoms with Gasteiger partial charge in [-0.2, -0.15) is 0 Å². The Morgan fingerprint density at radius 3 is 3.19 bits per heavy atom. The van der Waals surface area contributed by atoms with Crippen LogP contribution in [0.4, 0.5) is 0 Å². The number of fused-ring (bicyclic) bond motifs is 1. The van der Waals surface area contributed by atoms with E-state index in [4.69, 9.17) is 16.3 Å². The van der Waals surface area contributed by atoms with Crippen molar-refractivity contribution in [1.29, 1.82) is 0 Å². The molecule has 1 aromatic carbocycles. The fourth-order valence-electron chi connectivity index (χ4n) is 2.69. The number of rotatable bonds is 2. The third kappa shape index (κ3) is 1.92. The van der Waals surface area contributed by atoms with E-state index < -0.39 is 0 Å². The van der Waals surface area contributed by atoms with Gasteiger partial charge in [0.2, 0.25) is 0 Å². The maximum atomic E-state index is 6.14. The molecule has 0 aromatic heterocycles. The smallest absolute Gasteiger partial charge is 0.125 e. The van der Waals surface area contributed by atoms with Crippen molar-refractivity contribution in [3.8, 4) is 5.75 Å². The summed E-state index contributed by atoms with van der Waals surface area (Å²) in [6.07, 6.45) is 4.60. The number of nitrogens with one attached hydrogen (secondary N) is 1. The van der Waals surface area contributed by atoms with E-state index in [1.54, 1.807) is 0 Å². The first-order valence-corrected chi connectivity index (χ1v) is 6.38. The van der Waals surface area contributed by atoms with Gasteiger partial charge in [0.15, 0.2) is 0 Å². The predicted octanol–water partition coefficient (Wildman–Crippen LogP) is 2.57. The summed E-state index contributed by atoms with van der Waals surface area (Å²) in [6, 6.07) is 4.70. The van der Waals surface area contributed by atoms with Gasteiger partial charge in [-0.1, -0.05) is 11.6 Å². The molecule has 3 heteroatoms. The standard InChI is InChI=1S/C13H16ClNO/c14-11-6-9-3-5-16-13(9)10(7-11)8-12-2-1-4-15-12/h6-7,12,15H,1-5,8H2. The van der Waals surface area contributed by atoms with Crippen LogP contribution in [0, 0.1) is 0 Å². The van der Waals surface area contributed by atoms with Crippen molar-refractivity contribution in [1.82, 2.24) is 5.32 Å². The maximum absolute atomic E-state index is 6.14. The molecule has 2 nitrogen and oxygen atoms in total. The minimum absolute atomic E-state index is 0.603. The highest BCUT2D eigenvalue weighted by Gasteiger charge is 2.21. The lowest BCUT2D eigenvalue weighted by molar-refractivity contribution is 0.352. The van der Waals surface area contributed by atoms with Gasteiger partial charge in [-0.15, -0.1) is 0 Å². The molecule has 1 unspecified atom stereocenters. The topological polar surface area (TPSA) is 21.3 Å². The molecule has 0 aliphatic carbocycles. The summed E-state index contributed by atoms with van der Waals surface area (Å²) >= 11 is 6.14. The molecule has 3 rings (SSSR count). The number of hydrogen-bond acceptors (Lipinski definition) is 2. The summed E-state index contributed by atoms with van der Waals surface area (Å²) in [5, 5.41) is 4.36. The molecular weight excluding hydrogens is 222 g/mol. The van der Waals surface area contributed by atoms with Crippen LogP contribution < -0.4 is 10.1 Å². The molecule has 0 spiro atoms. The van der Waals surface area contributed by atoms with Crippen LogP contribution in [0.25, 0.3) is 0 Å². The monoisotopic (exact) mass is 237 g/mol. The molecule has 0 radical (unpaired) electrons. The fourth-order valence-corrected chi connectivity index (χ4v) is 2.96. The maximum Gasteiger partial charge on any atom is 0.125 e. The molecule has 1 fully saturated rings.